The van der Waals surface area contributed by atoms with E-state index in [4.69, 9.17) is 4.74 Å². The summed E-state index contributed by atoms with van der Waals surface area (Å²) in [6, 6.07) is 10.3. The van der Waals surface area contributed by atoms with Crippen LogP contribution in [0.5, 0.6) is 5.75 Å². The topological polar surface area (TPSA) is 54.5 Å². The fourth-order valence-corrected chi connectivity index (χ4v) is 3.34. The van der Waals surface area contributed by atoms with E-state index in [0.29, 0.717) is 22.1 Å². The number of nitrogens with one attached hydrogen (secondary N) is 1. The molecule has 25 heavy (non-hydrogen) atoms. The Morgan fingerprint density at radius 3 is 2.88 bits per heavy atom. The number of halogens is 1. The van der Waals surface area contributed by atoms with Crippen LogP contribution in [0.2, 0.25) is 0 Å². The largest absolute Gasteiger partial charge is 0.494 e. The number of likely N-dealkylation sites (N-methyl/N-ethyl adjacent to an activating group) is 1. The zero-order valence-corrected chi connectivity index (χ0v) is 15.0. The molecule has 0 aliphatic carbocycles. The number of anilines is 2. The molecule has 0 radical (unpaired) electrons. The molecule has 5 nitrogen and oxygen atoms in total. The Morgan fingerprint density at radius 2 is 2.16 bits per heavy atom. The molecule has 0 saturated carbocycles. The highest BCUT2D eigenvalue weighted by molar-refractivity contribution is 7.22. The first-order chi connectivity index (χ1) is 12.0. The van der Waals surface area contributed by atoms with Crippen molar-refractivity contribution in [2.75, 3.05) is 30.9 Å². The average Bonchev–Trinajstić information content (AvgIpc) is 3.02. The van der Waals surface area contributed by atoms with Crippen molar-refractivity contribution < 1.29 is 13.9 Å². The van der Waals surface area contributed by atoms with E-state index in [2.05, 4.69) is 10.3 Å². The maximum atomic E-state index is 13.6. The predicted molar refractivity (Wildman–Crippen MR) is 99.2 cm³/mol. The van der Waals surface area contributed by atoms with E-state index in [1.807, 2.05) is 18.2 Å². The molecular weight excluding hydrogens is 341 g/mol. The number of carbonyl (C=O) groups is 1. The van der Waals surface area contributed by atoms with Gasteiger partial charge in [-0.05, 0) is 36.8 Å². The fraction of sp³-hybridized carbons (Fsp3) is 0.222. The van der Waals surface area contributed by atoms with E-state index in [9.17, 15) is 9.18 Å². The maximum Gasteiger partial charge on any atom is 0.243 e. The van der Waals surface area contributed by atoms with Gasteiger partial charge in [0.25, 0.3) is 0 Å². The Morgan fingerprint density at radius 1 is 1.36 bits per heavy atom. The molecule has 1 amide bonds. The molecule has 130 valence electrons. The summed E-state index contributed by atoms with van der Waals surface area (Å²) < 4.78 is 19.9. The first-order valence-electron chi connectivity index (χ1n) is 7.68. The summed E-state index contributed by atoms with van der Waals surface area (Å²) in [5.74, 6) is 0.120. The standard InChI is InChI=1S/C18H18FN3O2S/c1-11-7-8-12(9-13(11)19)20-16(23)10-22(2)18-21-17-14(24-3)5-4-6-15(17)25-18/h4-9H,10H2,1-3H3,(H,20,23). The number of aryl methyl sites for hydroxylation is 1. The van der Waals surface area contributed by atoms with Crippen LogP contribution in [0.4, 0.5) is 15.2 Å². The number of amides is 1. The number of hydrogen-bond acceptors (Lipinski definition) is 5. The molecule has 0 spiro atoms. The summed E-state index contributed by atoms with van der Waals surface area (Å²) in [5.41, 5.74) is 1.75. The number of thiazole rings is 1. The molecule has 1 N–H and O–H groups in total. The third-order valence-electron chi connectivity index (χ3n) is 3.75. The van der Waals surface area contributed by atoms with Crippen molar-refractivity contribution in [3.05, 3.63) is 47.8 Å². The highest BCUT2D eigenvalue weighted by Crippen LogP contribution is 2.33. The number of hydrogen-bond donors (Lipinski definition) is 1. The monoisotopic (exact) mass is 359 g/mol. The summed E-state index contributed by atoms with van der Waals surface area (Å²) in [7, 11) is 3.39. The van der Waals surface area contributed by atoms with Gasteiger partial charge >= 0.3 is 0 Å². The molecule has 1 aromatic heterocycles. The number of aromatic nitrogens is 1. The number of ether oxygens (including phenoxy) is 1. The number of para-hydroxylation sites is 1. The number of benzene rings is 2. The number of fused-ring (bicyclic) bond motifs is 1. The van der Waals surface area contributed by atoms with Gasteiger partial charge in [-0.25, -0.2) is 9.37 Å². The van der Waals surface area contributed by atoms with Gasteiger partial charge in [-0.1, -0.05) is 23.5 Å². The van der Waals surface area contributed by atoms with Gasteiger partial charge in [-0.2, -0.15) is 0 Å². The highest BCUT2D eigenvalue weighted by atomic mass is 32.1. The summed E-state index contributed by atoms with van der Waals surface area (Å²) >= 11 is 1.48. The van der Waals surface area contributed by atoms with Crippen LogP contribution in [0.3, 0.4) is 0 Å². The lowest BCUT2D eigenvalue weighted by atomic mass is 10.2. The lowest BCUT2D eigenvalue weighted by Crippen LogP contribution is -2.30. The third kappa shape index (κ3) is 3.71. The fourth-order valence-electron chi connectivity index (χ4n) is 2.39. The van der Waals surface area contributed by atoms with Crippen LogP contribution in [-0.4, -0.2) is 31.6 Å². The van der Waals surface area contributed by atoms with Crippen molar-refractivity contribution in [2.24, 2.45) is 0 Å². The molecule has 1 heterocycles. The predicted octanol–water partition coefficient (Wildman–Crippen LogP) is 3.83. The van der Waals surface area contributed by atoms with Gasteiger partial charge in [-0.15, -0.1) is 0 Å². The van der Waals surface area contributed by atoms with E-state index in [0.717, 1.165) is 10.2 Å². The Bertz CT molecular complexity index is 926. The van der Waals surface area contributed by atoms with Crippen LogP contribution in [0, 0.1) is 12.7 Å². The SMILES string of the molecule is COc1cccc2sc(N(C)CC(=O)Nc3ccc(C)c(F)c3)nc12. The first kappa shape index (κ1) is 17.2. The van der Waals surface area contributed by atoms with Crippen LogP contribution in [0.1, 0.15) is 5.56 Å². The molecule has 7 heteroatoms. The molecule has 0 bridgehead atoms. The van der Waals surface area contributed by atoms with Gasteiger partial charge in [0, 0.05) is 12.7 Å². The second-order valence-corrected chi connectivity index (χ2v) is 6.68. The minimum atomic E-state index is -0.343. The number of carbonyl (C=O) groups excluding carboxylic acids is 1. The Hall–Kier alpha value is -2.67. The number of rotatable bonds is 5. The van der Waals surface area contributed by atoms with Gasteiger partial charge in [0.15, 0.2) is 5.13 Å². The summed E-state index contributed by atoms with van der Waals surface area (Å²) in [4.78, 5) is 18.5. The highest BCUT2D eigenvalue weighted by Gasteiger charge is 2.14. The number of nitrogens with zero attached hydrogens (tertiary/aromatic N) is 2. The molecule has 0 unspecified atom stereocenters. The molecule has 0 fully saturated rings. The molecule has 3 aromatic rings. The van der Waals surface area contributed by atoms with E-state index in [1.165, 1.54) is 17.4 Å². The Labute approximate surface area is 149 Å². The van der Waals surface area contributed by atoms with Gasteiger partial charge in [-0.3, -0.25) is 4.79 Å². The van der Waals surface area contributed by atoms with Crippen LogP contribution in [-0.2, 0) is 4.79 Å². The van der Waals surface area contributed by atoms with Crippen molar-refractivity contribution >= 4 is 38.3 Å². The summed E-state index contributed by atoms with van der Waals surface area (Å²) in [5, 5.41) is 3.41. The second-order valence-electron chi connectivity index (χ2n) is 5.67. The van der Waals surface area contributed by atoms with Crippen molar-refractivity contribution in [1.82, 2.24) is 4.98 Å². The molecule has 0 aliphatic rings. The molecular formula is C18H18FN3O2S. The summed E-state index contributed by atoms with van der Waals surface area (Å²) in [6.45, 7) is 1.79. The van der Waals surface area contributed by atoms with Crippen molar-refractivity contribution in [2.45, 2.75) is 6.92 Å². The average molecular weight is 359 g/mol. The minimum Gasteiger partial charge on any atom is -0.494 e. The van der Waals surface area contributed by atoms with E-state index in [1.54, 1.807) is 38.1 Å². The van der Waals surface area contributed by atoms with E-state index >= 15 is 0 Å². The van der Waals surface area contributed by atoms with Gasteiger partial charge < -0.3 is 15.0 Å². The van der Waals surface area contributed by atoms with Crippen LogP contribution in [0.15, 0.2) is 36.4 Å². The zero-order chi connectivity index (χ0) is 18.0. The van der Waals surface area contributed by atoms with Gasteiger partial charge in [0.1, 0.15) is 17.1 Å². The van der Waals surface area contributed by atoms with Gasteiger partial charge in [0.05, 0.1) is 18.4 Å². The third-order valence-corrected chi connectivity index (χ3v) is 4.89. The molecule has 0 aliphatic heterocycles. The van der Waals surface area contributed by atoms with Crippen LogP contribution in [0.25, 0.3) is 10.2 Å². The maximum absolute atomic E-state index is 13.6. The second kappa shape index (κ2) is 7.06. The van der Waals surface area contributed by atoms with E-state index in [-0.39, 0.29) is 18.3 Å². The quantitative estimate of drug-likeness (QED) is 0.752. The molecule has 0 saturated heterocycles. The Balaban J connectivity index is 1.72. The first-order valence-corrected chi connectivity index (χ1v) is 8.50. The van der Waals surface area contributed by atoms with E-state index < -0.39 is 0 Å². The van der Waals surface area contributed by atoms with Crippen molar-refractivity contribution in [3.63, 3.8) is 0 Å². The molecule has 2 aromatic carbocycles. The summed E-state index contributed by atoms with van der Waals surface area (Å²) in [6.07, 6.45) is 0. The lowest BCUT2D eigenvalue weighted by molar-refractivity contribution is -0.114. The van der Waals surface area contributed by atoms with Crippen LogP contribution < -0.4 is 15.0 Å². The zero-order valence-electron chi connectivity index (χ0n) is 14.2. The van der Waals surface area contributed by atoms with Crippen molar-refractivity contribution in [3.8, 4) is 5.75 Å². The minimum absolute atomic E-state index is 0.109. The number of methoxy groups -OCH3 is 1. The van der Waals surface area contributed by atoms with Crippen LogP contribution >= 0.6 is 11.3 Å². The molecule has 0 atom stereocenters. The molecule has 3 rings (SSSR count). The smallest absolute Gasteiger partial charge is 0.243 e. The Kier molecular flexibility index (Phi) is 4.85. The van der Waals surface area contributed by atoms with Gasteiger partial charge in [0.2, 0.25) is 5.91 Å². The lowest BCUT2D eigenvalue weighted by Gasteiger charge is -2.15. The van der Waals surface area contributed by atoms with Crippen molar-refractivity contribution in [1.29, 1.82) is 0 Å². The normalized spacial score (nSPS) is 10.7.